The molecule has 1 unspecified atom stereocenters. The van der Waals surface area contributed by atoms with Gasteiger partial charge in [-0.15, -0.1) is 0 Å². The summed E-state index contributed by atoms with van der Waals surface area (Å²) in [5.74, 6) is -1.55. The molecular formula is C34H25ClN2O6. The number of anilines is 1. The second kappa shape index (κ2) is 10.9. The van der Waals surface area contributed by atoms with E-state index in [0.717, 1.165) is 4.90 Å². The summed E-state index contributed by atoms with van der Waals surface area (Å²) in [7, 11) is 1.53. The van der Waals surface area contributed by atoms with Gasteiger partial charge in [-0.3, -0.25) is 23.7 Å². The molecule has 1 aromatic heterocycles. The van der Waals surface area contributed by atoms with Crippen molar-refractivity contribution in [1.29, 1.82) is 0 Å². The summed E-state index contributed by atoms with van der Waals surface area (Å²) in [4.78, 5) is 53.9. The van der Waals surface area contributed by atoms with Gasteiger partial charge in [0.15, 0.2) is 5.75 Å². The van der Waals surface area contributed by atoms with Gasteiger partial charge < -0.3 is 9.47 Å². The van der Waals surface area contributed by atoms with E-state index < -0.39 is 23.7 Å². The van der Waals surface area contributed by atoms with Crippen molar-refractivity contribution in [2.24, 2.45) is 0 Å². The van der Waals surface area contributed by atoms with Crippen LogP contribution in [0, 0.1) is 6.92 Å². The molecule has 0 saturated heterocycles. The molecule has 43 heavy (non-hydrogen) atoms. The first-order valence-electron chi connectivity index (χ1n) is 13.5. The average molecular weight is 593 g/mol. The monoisotopic (exact) mass is 592 g/mol. The zero-order chi connectivity index (χ0) is 30.4. The number of imide groups is 1. The highest BCUT2D eigenvalue weighted by Gasteiger charge is 2.36. The maximum Gasteiger partial charge on any atom is 0.318 e. The molecule has 1 aliphatic rings. The van der Waals surface area contributed by atoms with Crippen molar-refractivity contribution in [2.45, 2.75) is 19.8 Å². The number of carbonyl (C=O) groups excluding carboxylic acids is 4. The van der Waals surface area contributed by atoms with Crippen LogP contribution in [0.15, 0.2) is 91.0 Å². The lowest BCUT2D eigenvalue weighted by atomic mass is 10.0. The van der Waals surface area contributed by atoms with Crippen LogP contribution in [0.1, 0.15) is 55.2 Å². The van der Waals surface area contributed by atoms with E-state index in [1.54, 1.807) is 105 Å². The SMILES string of the molecule is COc1ccc2c(c1)c(OC(=O)C(C)c1ccc(N3C(=O)c4ccccc4C3=O)cc1)c(C)n2C(=O)c1ccc(Cl)cc1. The summed E-state index contributed by atoms with van der Waals surface area (Å²) in [5.41, 5.74) is 3.17. The van der Waals surface area contributed by atoms with Crippen LogP contribution in [0.5, 0.6) is 11.5 Å². The quantitative estimate of drug-likeness (QED) is 0.159. The van der Waals surface area contributed by atoms with Crippen LogP contribution in [0.3, 0.4) is 0 Å². The Labute approximate surface area is 252 Å². The second-order valence-electron chi connectivity index (χ2n) is 10.2. The van der Waals surface area contributed by atoms with Gasteiger partial charge in [0.05, 0.1) is 41.1 Å². The third-order valence-electron chi connectivity index (χ3n) is 7.65. The van der Waals surface area contributed by atoms with Crippen LogP contribution in [0.2, 0.25) is 5.02 Å². The van der Waals surface area contributed by atoms with Crippen molar-refractivity contribution in [3.63, 3.8) is 0 Å². The molecule has 1 aliphatic heterocycles. The minimum Gasteiger partial charge on any atom is -0.497 e. The first-order valence-corrected chi connectivity index (χ1v) is 13.9. The second-order valence-corrected chi connectivity index (χ2v) is 10.6. The van der Waals surface area contributed by atoms with Crippen molar-refractivity contribution in [3.05, 3.63) is 124 Å². The third-order valence-corrected chi connectivity index (χ3v) is 7.90. The minimum absolute atomic E-state index is 0.246. The van der Waals surface area contributed by atoms with Crippen LogP contribution < -0.4 is 14.4 Å². The number of methoxy groups -OCH3 is 1. The topological polar surface area (TPSA) is 94.9 Å². The Morgan fingerprint density at radius 3 is 2.07 bits per heavy atom. The Morgan fingerprint density at radius 2 is 1.47 bits per heavy atom. The molecule has 4 aromatic carbocycles. The molecular weight excluding hydrogens is 568 g/mol. The molecule has 1 atom stereocenters. The van der Waals surface area contributed by atoms with E-state index in [0.29, 0.717) is 55.3 Å². The first kappa shape index (κ1) is 27.9. The molecule has 0 spiro atoms. The van der Waals surface area contributed by atoms with Crippen LogP contribution in [0.4, 0.5) is 5.69 Å². The van der Waals surface area contributed by atoms with E-state index in [1.807, 2.05) is 0 Å². The molecule has 6 rings (SSSR count). The number of aromatic nitrogens is 1. The van der Waals surface area contributed by atoms with E-state index >= 15 is 0 Å². The summed E-state index contributed by atoms with van der Waals surface area (Å²) < 4.78 is 12.9. The number of nitrogens with zero attached hydrogens (tertiary/aromatic N) is 2. The maximum atomic E-state index is 13.6. The Balaban J connectivity index is 1.29. The third kappa shape index (κ3) is 4.75. The lowest BCUT2D eigenvalue weighted by molar-refractivity contribution is -0.135. The molecule has 9 heteroatoms. The van der Waals surface area contributed by atoms with Crippen molar-refractivity contribution < 1.29 is 28.7 Å². The predicted octanol–water partition coefficient (Wildman–Crippen LogP) is 6.81. The van der Waals surface area contributed by atoms with Gasteiger partial charge in [0.2, 0.25) is 0 Å². The van der Waals surface area contributed by atoms with Crippen LogP contribution in [0.25, 0.3) is 10.9 Å². The number of amides is 2. The largest absolute Gasteiger partial charge is 0.497 e. The van der Waals surface area contributed by atoms with E-state index in [2.05, 4.69) is 0 Å². The van der Waals surface area contributed by atoms with E-state index in [4.69, 9.17) is 21.1 Å². The van der Waals surface area contributed by atoms with Gasteiger partial charge in [0.1, 0.15) is 5.75 Å². The van der Waals surface area contributed by atoms with Gasteiger partial charge in [0, 0.05) is 16.0 Å². The Bertz CT molecular complexity index is 1910. The van der Waals surface area contributed by atoms with Gasteiger partial charge in [-0.1, -0.05) is 35.9 Å². The highest BCUT2D eigenvalue weighted by Crippen LogP contribution is 2.37. The number of fused-ring (bicyclic) bond motifs is 2. The minimum atomic E-state index is -0.702. The fourth-order valence-corrected chi connectivity index (χ4v) is 5.40. The number of esters is 1. The van der Waals surface area contributed by atoms with Crippen LogP contribution >= 0.6 is 11.6 Å². The number of halogens is 1. The number of hydrogen-bond acceptors (Lipinski definition) is 6. The molecule has 2 heterocycles. The molecule has 0 aliphatic carbocycles. The molecule has 8 nitrogen and oxygen atoms in total. The van der Waals surface area contributed by atoms with Gasteiger partial charge in [-0.25, -0.2) is 4.90 Å². The molecule has 0 N–H and O–H groups in total. The Hall–Kier alpha value is -5.21. The maximum absolute atomic E-state index is 13.6. The zero-order valence-electron chi connectivity index (χ0n) is 23.5. The molecule has 0 saturated carbocycles. The van der Waals surface area contributed by atoms with Crippen molar-refractivity contribution >= 4 is 51.9 Å². The molecule has 2 amide bonds. The smallest absolute Gasteiger partial charge is 0.318 e. The number of rotatable bonds is 6. The van der Waals surface area contributed by atoms with Crippen LogP contribution in [-0.2, 0) is 4.79 Å². The lowest BCUT2D eigenvalue weighted by Crippen LogP contribution is -2.29. The predicted molar refractivity (Wildman–Crippen MR) is 162 cm³/mol. The standard InChI is InChI=1S/C34H25ClN2O6/c1-19(21-10-14-24(15-11-21)37-32(39)26-6-4-5-7-27(26)33(37)40)34(41)43-30-20(2)36(29-17-16-25(42-3)18-28(29)30)31(38)22-8-12-23(35)13-9-22/h4-19H,1-3H3. The van der Waals surface area contributed by atoms with Gasteiger partial charge in [-0.2, -0.15) is 0 Å². The normalized spacial score (nSPS) is 13.3. The molecule has 0 fully saturated rings. The summed E-state index contributed by atoms with van der Waals surface area (Å²) in [6.45, 7) is 3.41. The Morgan fingerprint density at radius 1 is 0.837 bits per heavy atom. The van der Waals surface area contributed by atoms with E-state index in [1.165, 1.54) is 11.7 Å². The summed E-state index contributed by atoms with van der Waals surface area (Å²) in [6, 6.07) is 25.1. The molecule has 214 valence electrons. The number of carbonyl (C=O) groups is 4. The van der Waals surface area contributed by atoms with Crippen LogP contribution in [-0.4, -0.2) is 35.4 Å². The van der Waals surface area contributed by atoms with Gasteiger partial charge >= 0.3 is 5.97 Å². The fourth-order valence-electron chi connectivity index (χ4n) is 5.27. The molecule has 0 bridgehead atoms. The fraction of sp³-hybridized carbons (Fsp3) is 0.118. The van der Waals surface area contributed by atoms with Crippen molar-refractivity contribution in [1.82, 2.24) is 4.57 Å². The highest BCUT2D eigenvalue weighted by atomic mass is 35.5. The van der Waals surface area contributed by atoms with E-state index in [9.17, 15) is 19.2 Å². The Kier molecular flexibility index (Phi) is 7.07. The molecule has 5 aromatic rings. The van der Waals surface area contributed by atoms with E-state index in [-0.39, 0.29) is 11.7 Å². The first-order chi connectivity index (χ1) is 20.7. The summed E-state index contributed by atoms with van der Waals surface area (Å²) >= 11 is 6.02. The molecule has 0 radical (unpaired) electrons. The summed E-state index contributed by atoms with van der Waals surface area (Å²) in [5, 5.41) is 1.05. The van der Waals surface area contributed by atoms with Crippen molar-refractivity contribution in [2.75, 3.05) is 12.0 Å². The van der Waals surface area contributed by atoms with Gasteiger partial charge in [-0.05, 0) is 86.1 Å². The number of ether oxygens (including phenoxy) is 2. The highest BCUT2D eigenvalue weighted by molar-refractivity contribution is 6.34. The average Bonchev–Trinajstić information content (AvgIpc) is 3.45. The number of hydrogen-bond donors (Lipinski definition) is 0. The summed E-state index contributed by atoms with van der Waals surface area (Å²) in [6.07, 6.45) is 0. The number of benzene rings is 4. The van der Waals surface area contributed by atoms with Gasteiger partial charge in [0.25, 0.3) is 17.7 Å². The zero-order valence-corrected chi connectivity index (χ0v) is 24.2. The lowest BCUT2D eigenvalue weighted by Gasteiger charge is -2.16. The van der Waals surface area contributed by atoms with Crippen molar-refractivity contribution in [3.8, 4) is 11.5 Å².